The fourth-order valence-electron chi connectivity index (χ4n) is 2.56. The van der Waals surface area contributed by atoms with Crippen molar-refractivity contribution in [2.24, 2.45) is 12.5 Å². The van der Waals surface area contributed by atoms with Gasteiger partial charge in [0.15, 0.2) is 0 Å². The van der Waals surface area contributed by atoms with Crippen LogP contribution in [0.4, 0.5) is 0 Å². The SMILES string of the molecule is CCCNC(Cc1nccn1C)C(OCC)C(C)(C)C. The van der Waals surface area contributed by atoms with Crippen LogP contribution >= 0.6 is 0 Å². The summed E-state index contributed by atoms with van der Waals surface area (Å²) in [6.45, 7) is 12.7. The van der Waals surface area contributed by atoms with Crippen LogP contribution in [0.1, 0.15) is 46.9 Å². The second-order valence-corrected chi connectivity index (χ2v) is 6.46. The first kappa shape index (κ1) is 17.2. The van der Waals surface area contributed by atoms with E-state index in [1.807, 2.05) is 19.4 Å². The van der Waals surface area contributed by atoms with E-state index in [9.17, 15) is 0 Å². The first-order chi connectivity index (χ1) is 9.40. The fraction of sp³-hybridized carbons (Fsp3) is 0.812. The summed E-state index contributed by atoms with van der Waals surface area (Å²) < 4.78 is 8.14. The van der Waals surface area contributed by atoms with Crippen LogP contribution in [-0.2, 0) is 18.2 Å². The number of rotatable bonds is 8. The molecule has 0 radical (unpaired) electrons. The summed E-state index contributed by atoms with van der Waals surface area (Å²) in [7, 11) is 2.05. The van der Waals surface area contributed by atoms with Gasteiger partial charge in [0.1, 0.15) is 5.82 Å². The van der Waals surface area contributed by atoms with Crippen LogP contribution in [0.5, 0.6) is 0 Å². The van der Waals surface area contributed by atoms with E-state index in [4.69, 9.17) is 4.74 Å². The van der Waals surface area contributed by atoms with E-state index in [1.54, 1.807) is 0 Å². The molecule has 20 heavy (non-hydrogen) atoms. The first-order valence-electron chi connectivity index (χ1n) is 7.71. The molecule has 4 nitrogen and oxygen atoms in total. The van der Waals surface area contributed by atoms with Crippen molar-refractivity contribution in [3.63, 3.8) is 0 Å². The Morgan fingerprint density at radius 2 is 2.05 bits per heavy atom. The monoisotopic (exact) mass is 281 g/mol. The zero-order valence-electron chi connectivity index (χ0n) is 13.9. The Morgan fingerprint density at radius 1 is 1.35 bits per heavy atom. The summed E-state index contributed by atoms with van der Waals surface area (Å²) in [5.41, 5.74) is 0.104. The minimum atomic E-state index is 0.104. The lowest BCUT2D eigenvalue weighted by Crippen LogP contribution is -2.50. The van der Waals surface area contributed by atoms with Gasteiger partial charge in [0.25, 0.3) is 0 Å². The molecule has 2 unspecified atom stereocenters. The predicted molar refractivity (Wildman–Crippen MR) is 83.9 cm³/mol. The van der Waals surface area contributed by atoms with Crippen LogP contribution in [0.3, 0.4) is 0 Å². The van der Waals surface area contributed by atoms with E-state index in [2.05, 4.69) is 49.5 Å². The standard InChI is InChI=1S/C16H31N3O/c1-7-9-17-13(12-14-18-10-11-19(14)6)15(20-8-2)16(3,4)5/h10-11,13,15,17H,7-9,12H2,1-6H3. The zero-order valence-corrected chi connectivity index (χ0v) is 13.9. The largest absolute Gasteiger partial charge is 0.376 e. The highest BCUT2D eigenvalue weighted by Crippen LogP contribution is 2.26. The molecule has 1 N–H and O–H groups in total. The normalized spacial score (nSPS) is 15.3. The Balaban J connectivity index is 2.87. The molecule has 0 aliphatic carbocycles. The van der Waals surface area contributed by atoms with Crippen molar-refractivity contribution in [1.29, 1.82) is 0 Å². The number of hydrogen-bond acceptors (Lipinski definition) is 3. The van der Waals surface area contributed by atoms with Gasteiger partial charge < -0.3 is 14.6 Å². The van der Waals surface area contributed by atoms with E-state index < -0.39 is 0 Å². The summed E-state index contributed by atoms with van der Waals surface area (Å²) in [4.78, 5) is 4.46. The lowest BCUT2D eigenvalue weighted by molar-refractivity contribution is -0.0359. The van der Waals surface area contributed by atoms with E-state index in [1.165, 1.54) is 0 Å². The van der Waals surface area contributed by atoms with Crippen molar-refractivity contribution in [3.05, 3.63) is 18.2 Å². The maximum absolute atomic E-state index is 6.05. The van der Waals surface area contributed by atoms with Crippen LogP contribution in [0, 0.1) is 5.41 Å². The van der Waals surface area contributed by atoms with Gasteiger partial charge in [0.2, 0.25) is 0 Å². The molecular formula is C16H31N3O. The highest BCUT2D eigenvalue weighted by atomic mass is 16.5. The van der Waals surface area contributed by atoms with Gasteiger partial charge in [0.05, 0.1) is 6.10 Å². The van der Waals surface area contributed by atoms with Gasteiger partial charge in [-0.05, 0) is 25.3 Å². The molecule has 1 rings (SSSR count). The van der Waals surface area contributed by atoms with Gasteiger partial charge in [-0.1, -0.05) is 27.7 Å². The number of hydrogen-bond donors (Lipinski definition) is 1. The summed E-state index contributed by atoms with van der Waals surface area (Å²) in [5, 5.41) is 3.65. The molecule has 1 heterocycles. The van der Waals surface area contributed by atoms with Crippen molar-refractivity contribution in [2.45, 2.75) is 59.6 Å². The van der Waals surface area contributed by atoms with Crippen LogP contribution in [-0.4, -0.2) is 34.8 Å². The second kappa shape index (κ2) is 7.79. The molecular weight excluding hydrogens is 250 g/mol. The molecule has 0 bridgehead atoms. The Morgan fingerprint density at radius 3 is 2.50 bits per heavy atom. The Kier molecular flexibility index (Phi) is 6.69. The topological polar surface area (TPSA) is 39.1 Å². The van der Waals surface area contributed by atoms with Crippen molar-refractivity contribution in [3.8, 4) is 0 Å². The molecule has 0 aromatic carbocycles. The molecule has 1 aromatic rings. The average Bonchev–Trinajstić information content (AvgIpc) is 2.76. The Bertz CT molecular complexity index is 381. The Hall–Kier alpha value is -0.870. The van der Waals surface area contributed by atoms with E-state index in [0.29, 0.717) is 0 Å². The van der Waals surface area contributed by atoms with Gasteiger partial charge in [0, 0.05) is 38.5 Å². The van der Waals surface area contributed by atoms with Gasteiger partial charge in [-0.25, -0.2) is 4.98 Å². The van der Waals surface area contributed by atoms with Gasteiger partial charge in [-0.3, -0.25) is 0 Å². The van der Waals surface area contributed by atoms with Crippen molar-refractivity contribution in [2.75, 3.05) is 13.2 Å². The molecule has 0 amide bonds. The van der Waals surface area contributed by atoms with E-state index in [-0.39, 0.29) is 17.6 Å². The molecule has 116 valence electrons. The second-order valence-electron chi connectivity index (χ2n) is 6.46. The van der Waals surface area contributed by atoms with Gasteiger partial charge in [-0.2, -0.15) is 0 Å². The van der Waals surface area contributed by atoms with E-state index >= 15 is 0 Å². The smallest absolute Gasteiger partial charge is 0.110 e. The van der Waals surface area contributed by atoms with Crippen LogP contribution in [0.15, 0.2) is 12.4 Å². The molecule has 1 aromatic heterocycles. The number of nitrogens with one attached hydrogen (secondary N) is 1. The van der Waals surface area contributed by atoms with E-state index in [0.717, 1.165) is 31.8 Å². The third-order valence-electron chi connectivity index (χ3n) is 3.55. The average molecular weight is 281 g/mol. The molecule has 0 saturated carbocycles. The molecule has 2 atom stereocenters. The molecule has 0 spiro atoms. The number of imidazole rings is 1. The quantitative estimate of drug-likeness (QED) is 0.796. The van der Waals surface area contributed by atoms with Gasteiger partial charge >= 0.3 is 0 Å². The fourth-order valence-corrected chi connectivity index (χ4v) is 2.56. The molecule has 0 fully saturated rings. The molecule has 0 saturated heterocycles. The molecule has 0 aliphatic heterocycles. The number of aromatic nitrogens is 2. The summed E-state index contributed by atoms with van der Waals surface area (Å²) in [6.07, 6.45) is 6.06. The third-order valence-corrected chi connectivity index (χ3v) is 3.55. The molecule has 4 heteroatoms. The summed E-state index contributed by atoms with van der Waals surface area (Å²) >= 11 is 0. The highest BCUT2D eigenvalue weighted by Gasteiger charge is 2.33. The minimum Gasteiger partial charge on any atom is -0.376 e. The first-order valence-corrected chi connectivity index (χ1v) is 7.71. The van der Waals surface area contributed by atoms with Gasteiger partial charge in [-0.15, -0.1) is 0 Å². The van der Waals surface area contributed by atoms with Crippen molar-refractivity contribution >= 4 is 0 Å². The van der Waals surface area contributed by atoms with Crippen LogP contribution < -0.4 is 5.32 Å². The van der Waals surface area contributed by atoms with Crippen molar-refractivity contribution in [1.82, 2.24) is 14.9 Å². The van der Waals surface area contributed by atoms with Crippen molar-refractivity contribution < 1.29 is 4.74 Å². The minimum absolute atomic E-state index is 0.104. The maximum Gasteiger partial charge on any atom is 0.110 e. The Labute approximate surface area is 123 Å². The highest BCUT2D eigenvalue weighted by molar-refractivity contribution is 4.98. The lowest BCUT2D eigenvalue weighted by Gasteiger charge is -2.37. The van der Waals surface area contributed by atoms with Crippen LogP contribution in [0.2, 0.25) is 0 Å². The zero-order chi connectivity index (χ0) is 15.2. The summed E-state index contributed by atoms with van der Waals surface area (Å²) in [6, 6.07) is 0.288. The number of aryl methyl sites for hydroxylation is 1. The third kappa shape index (κ3) is 4.91. The lowest BCUT2D eigenvalue weighted by atomic mass is 9.83. The maximum atomic E-state index is 6.05. The number of nitrogens with zero attached hydrogens (tertiary/aromatic N) is 2. The summed E-state index contributed by atoms with van der Waals surface area (Å²) in [5.74, 6) is 1.10. The van der Waals surface area contributed by atoms with Crippen LogP contribution in [0.25, 0.3) is 0 Å². The predicted octanol–water partition coefficient (Wildman–Crippen LogP) is 2.78. The molecule has 0 aliphatic rings. The number of ether oxygens (including phenoxy) is 1.